The molecule has 0 saturated carbocycles. The van der Waals surface area contributed by atoms with E-state index in [0.717, 1.165) is 6.07 Å². The van der Waals surface area contributed by atoms with Crippen LogP contribution in [0.5, 0.6) is 0 Å². The van der Waals surface area contributed by atoms with Crippen LogP contribution in [0.1, 0.15) is 22.5 Å². The van der Waals surface area contributed by atoms with Gasteiger partial charge in [-0.3, -0.25) is 9.69 Å². The molecule has 0 atom stereocenters. The lowest BCUT2D eigenvalue weighted by Gasteiger charge is -2.36. The van der Waals surface area contributed by atoms with Crippen molar-refractivity contribution in [2.45, 2.75) is 13.3 Å². The highest BCUT2D eigenvalue weighted by molar-refractivity contribution is 6.32. The maximum absolute atomic E-state index is 13.5. The van der Waals surface area contributed by atoms with Crippen molar-refractivity contribution in [3.05, 3.63) is 70.6 Å². The van der Waals surface area contributed by atoms with Crippen molar-refractivity contribution in [3.63, 3.8) is 0 Å². The van der Waals surface area contributed by atoms with Gasteiger partial charge in [-0.15, -0.1) is 0 Å². The van der Waals surface area contributed by atoms with Gasteiger partial charge in [-0.1, -0.05) is 11.6 Å². The zero-order chi connectivity index (χ0) is 22.0. The largest absolute Gasteiger partial charge is 0.369 e. The van der Waals surface area contributed by atoms with E-state index < -0.39 is 11.6 Å². The Labute approximate surface area is 184 Å². The second-order valence-corrected chi connectivity index (χ2v) is 7.90. The van der Waals surface area contributed by atoms with Crippen LogP contribution in [0.2, 0.25) is 5.02 Å². The fraction of sp³-hybridized carbons (Fsp3) is 0.318. The Bertz CT molecular complexity index is 1080. The van der Waals surface area contributed by atoms with Crippen LogP contribution in [0.15, 0.2) is 42.7 Å². The van der Waals surface area contributed by atoms with E-state index in [9.17, 15) is 13.6 Å². The minimum atomic E-state index is -0.578. The third-order valence-corrected chi connectivity index (χ3v) is 5.78. The lowest BCUT2D eigenvalue weighted by Crippen LogP contribution is -2.47. The minimum Gasteiger partial charge on any atom is -0.369 e. The molecular weight excluding hydrogens is 424 g/mol. The van der Waals surface area contributed by atoms with Gasteiger partial charge < -0.3 is 4.90 Å². The Morgan fingerprint density at radius 2 is 1.84 bits per heavy atom. The summed E-state index contributed by atoms with van der Waals surface area (Å²) < 4.78 is 28.5. The van der Waals surface area contributed by atoms with Crippen LogP contribution < -0.4 is 4.90 Å². The topological polar surface area (TPSA) is 54.3 Å². The van der Waals surface area contributed by atoms with Gasteiger partial charge in [0, 0.05) is 57.1 Å². The number of rotatable bonds is 6. The molecule has 1 saturated heterocycles. The molecule has 31 heavy (non-hydrogen) atoms. The first kappa shape index (κ1) is 21.4. The zero-order valence-electron chi connectivity index (χ0n) is 17.1. The van der Waals surface area contributed by atoms with E-state index in [2.05, 4.69) is 15.0 Å². The highest BCUT2D eigenvalue weighted by Crippen LogP contribution is 2.22. The molecule has 0 spiro atoms. The van der Waals surface area contributed by atoms with Crippen LogP contribution in [0.4, 0.5) is 14.5 Å². The summed E-state index contributed by atoms with van der Waals surface area (Å²) in [6.45, 7) is 5.15. The van der Waals surface area contributed by atoms with Crippen molar-refractivity contribution in [3.8, 4) is 5.82 Å². The molecule has 9 heteroatoms. The average Bonchev–Trinajstić information content (AvgIpc) is 3.13. The van der Waals surface area contributed by atoms with E-state index in [4.69, 9.17) is 11.6 Å². The maximum Gasteiger partial charge on any atom is 0.172 e. The molecule has 3 aromatic rings. The molecule has 1 aliphatic rings. The monoisotopic (exact) mass is 445 g/mol. The van der Waals surface area contributed by atoms with Gasteiger partial charge in [0.15, 0.2) is 11.6 Å². The summed E-state index contributed by atoms with van der Waals surface area (Å²) >= 11 is 6.20. The maximum atomic E-state index is 13.5. The Kier molecular flexibility index (Phi) is 6.29. The molecule has 0 radical (unpaired) electrons. The van der Waals surface area contributed by atoms with E-state index >= 15 is 0 Å². The van der Waals surface area contributed by atoms with Crippen LogP contribution in [-0.2, 0) is 0 Å². The van der Waals surface area contributed by atoms with Crippen LogP contribution in [0.25, 0.3) is 5.82 Å². The molecule has 4 rings (SSSR count). The molecule has 162 valence electrons. The average molecular weight is 446 g/mol. The molecule has 0 amide bonds. The van der Waals surface area contributed by atoms with Gasteiger partial charge in [0.1, 0.15) is 11.6 Å². The first-order valence-corrected chi connectivity index (χ1v) is 10.4. The number of carbonyl (C=O) groups is 1. The Balaban J connectivity index is 1.33. The molecule has 3 heterocycles. The summed E-state index contributed by atoms with van der Waals surface area (Å²) in [7, 11) is 0. The van der Waals surface area contributed by atoms with Crippen molar-refractivity contribution in [1.29, 1.82) is 0 Å². The van der Waals surface area contributed by atoms with Gasteiger partial charge in [0.2, 0.25) is 0 Å². The molecule has 0 N–H and O–H groups in total. The van der Waals surface area contributed by atoms with Crippen molar-refractivity contribution >= 4 is 23.1 Å². The lowest BCUT2D eigenvalue weighted by molar-refractivity contribution is 0.0962. The number of hydrogen-bond acceptors (Lipinski definition) is 5. The number of hydrogen-bond donors (Lipinski definition) is 0. The molecule has 0 aliphatic carbocycles. The van der Waals surface area contributed by atoms with Gasteiger partial charge in [-0.2, -0.15) is 5.10 Å². The van der Waals surface area contributed by atoms with Gasteiger partial charge in [0.05, 0.1) is 22.5 Å². The van der Waals surface area contributed by atoms with E-state index in [1.807, 2.05) is 11.8 Å². The number of carbonyl (C=O) groups excluding carboxylic acids is 1. The highest BCUT2D eigenvalue weighted by atomic mass is 35.5. The number of halogens is 3. The number of aromatic nitrogens is 3. The van der Waals surface area contributed by atoms with Crippen LogP contribution >= 0.6 is 11.6 Å². The summed E-state index contributed by atoms with van der Waals surface area (Å²) in [5, 5.41) is 4.75. The number of nitrogens with zero attached hydrogens (tertiary/aromatic N) is 5. The van der Waals surface area contributed by atoms with Crippen LogP contribution in [-0.4, -0.2) is 58.2 Å². The summed E-state index contributed by atoms with van der Waals surface area (Å²) in [5.41, 5.74) is 1.79. The third kappa shape index (κ3) is 4.75. The molecule has 1 fully saturated rings. The zero-order valence-corrected chi connectivity index (χ0v) is 17.8. The second-order valence-electron chi connectivity index (χ2n) is 7.49. The summed E-state index contributed by atoms with van der Waals surface area (Å²) in [4.78, 5) is 21.1. The van der Waals surface area contributed by atoms with Gasteiger partial charge in [0.25, 0.3) is 0 Å². The van der Waals surface area contributed by atoms with E-state index in [0.29, 0.717) is 66.9 Å². The van der Waals surface area contributed by atoms with E-state index in [-0.39, 0.29) is 5.78 Å². The summed E-state index contributed by atoms with van der Waals surface area (Å²) in [5.74, 6) is -0.659. The van der Waals surface area contributed by atoms with Gasteiger partial charge >= 0.3 is 0 Å². The Morgan fingerprint density at radius 3 is 2.52 bits per heavy atom. The number of benzene rings is 1. The standard InChI is InChI=1S/C22H22ClF2N5O/c1-15-19(14-27-30(15)22-20(23)3-2-5-26-22)21(31)4-6-28-7-9-29(10-8-28)18-12-16(24)11-17(25)13-18/h2-3,5,11-14H,4,6-10H2,1H3. The van der Waals surface area contributed by atoms with E-state index in [1.54, 1.807) is 29.2 Å². The van der Waals surface area contributed by atoms with Crippen molar-refractivity contribution in [2.24, 2.45) is 0 Å². The Hall–Kier alpha value is -2.84. The van der Waals surface area contributed by atoms with Crippen LogP contribution in [0, 0.1) is 18.6 Å². The molecule has 1 aromatic carbocycles. The first-order valence-electron chi connectivity index (χ1n) is 10.0. The second kappa shape index (κ2) is 9.11. The van der Waals surface area contributed by atoms with Gasteiger partial charge in [-0.05, 0) is 31.2 Å². The normalized spacial score (nSPS) is 14.8. The lowest BCUT2D eigenvalue weighted by atomic mass is 10.1. The molecule has 2 aromatic heterocycles. The molecular formula is C22H22ClF2N5O. The predicted octanol–water partition coefficient (Wildman–Crippen LogP) is 3.90. The van der Waals surface area contributed by atoms with Gasteiger partial charge in [-0.25, -0.2) is 18.4 Å². The number of anilines is 1. The first-order chi connectivity index (χ1) is 14.9. The van der Waals surface area contributed by atoms with Crippen molar-refractivity contribution in [1.82, 2.24) is 19.7 Å². The van der Waals surface area contributed by atoms with Crippen molar-refractivity contribution < 1.29 is 13.6 Å². The molecule has 0 bridgehead atoms. The fourth-order valence-electron chi connectivity index (χ4n) is 3.78. The number of pyridine rings is 1. The molecule has 1 aliphatic heterocycles. The Morgan fingerprint density at radius 1 is 1.13 bits per heavy atom. The number of ketones is 1. The third-order valence-electron chi connectivity index (χ3n) is 5.49. The molecule has 0 unspecified atom stereocenters. The smallest absolute Gasteiger partial charge is 0.172 e. The summed E-state index contributed by atoms with van der Waals surface area (Å²) in [6, 6.07) is 7.02. The quantitative estimate of drug-likeness (QED) is 0.538. The fourth-order valence-corrected chi connectivity index (χ4v) is 3.98. The number of piperazine rings is 1. The number of Topliss-reactive ketones (excluding diaryl/α,β-unsaturated/α-hetero) is 1. The van der Waals surface area contributed by atoms with Crippen molar-refractivity contribution in [2.75, 3.05) is 37.6 Å². The highest BCUT2D eigenvalue weighted by Gasteiger charge is 2.21. The molecule has 6 nitrogen and oxygen atoms in total. The SMILES string of the molecule is Cc1c(C(=O)CCN2CCN(c3cc(F)cc(F)c3)CC2)cnn1-c1ncccc1Cl. The minimum absolute atomic E-state index is 0.00503. The van der Waals surface area contributed by atoms with Crippen LogP contribution in [0.3, 0.4) is 0 Å². The predicted molar refractivity (Wildman–Crippen MR) is 115 cm³/mol. The summed E-state index contributed by atoms with van der Waals surface area (Å²) in [6.07, 6.45) is 3.54. The van der Waals surface area contributed by atoms with E-state index in [1.165, 1.54) is 12.1 Å².